The predicted molar refractivity (Wildman–Crippen MR) is 129 cm³/mol. The van der Waals surface area contributed by atoms with Gasteiger partial charge < -0.3 is 5.32 Å². The average Bonchev–Trinajstić information content (AvgIpc) is 2.78. The molecule has 0 aliphatic heterocycles. The van der Waals surface area contributed by atoms with E-state index >= 15 is 0 Å². The zero-order valence-electron chi connectivity index (χ0n) is 16.8. The Labute approximate surface area is 191 Å². The Balaban J connectivity index is 1.97. The molecule has 1 amide bonds. The molecule has 0 saturated carbocycles. The van der Waals surface area contributed by atoms with E-state index in [1.165, 1.54) is 28.6 Å². The van der Waals surface area contributed by atoms with Crippen LogP contribution in [0.15, 0.2) is 95.2 Å². The maximum absolute atomic E-state index is 13.4. The molecule has 3 aromatic carbocycles. The van der Waals surface area contributed by atoms with Crippen LogP contribution in [0.25, 0.3) is 0 Å². The molecular weight excluding hydrogens is 452 g/mol. The molecule has 0 unspecified atom stereocenters. The molecule has 5 nitrogen and oxygen atoms in total. The first kappa shape index (κ1) is 22.9. The van der Waals surface area contributed by atoms with E-state index < -0.39 is 15.9 Å². The Bertz CT molecular complexity index is 1200. The van der Waals surface area contributed by atoms with E-state index in [-0.39, 0.29) is 22.0 Å². The molecule has 0 saturated heterocycles. The van der Waals surface area contributed by atoms with Crippen molar-refractivity contribution in [2.24, 2.45) is 0 Å². The summed E-state index contributed by atoms with van der Waals surface area (Å²) in [6.07, 6.45) is 3.44. The Morgan fingerprint density at radius 3 is 2.52 bits per heavy atom. The lowest BCUT2D eigenvalue weighted by atomic mass is 10.2. The van der Waals surface area contributed by atoms with Crippen molar-refractivity contribution in [2.75, 3.05) is 22.4 Å². The number of benzene rings is 3. The van der Waals surface area contributed by atoms with Crippen molar-refractivity contribution in [3.63, 3.8) is 0 Å². The number of rotatable bonds is 8. The highest BCUT2D eigenvalue weighted by molar-refractivity contribution is 7.98. The number of halogens is 1. The monoisotopic (exact) mass is 472 g/mol. The minimum absolute atomic E-state index is 0.0333. The second-order valence-corrected chi connectivity index (χ2v) is 9.61. The van der Waals surface area contributed by atoms with Gasteiger partial charge in [0.15, 0.2) is 0 Å². The second-order valence-electron chi connectivity index (χ2n) is 6.49. The normalized spacial score (nSPS) is 11.0. The van der Waals surface area contributed by atoms with Crippen LogP contribution in [0.4, 0.5) is 11.4 Å². The second kappa shape index (κ2) is 10.0. The summed E-state index contributed by atoms with van der Waals surface area (Å²) in [4.78, 5) is 13.6. The summed E-state index contributed by atoms with van der Waals surface area (Å²) < 4.78 is 28.0. The smallest absolute Gasteiger partial charge is 0.266 e. The standard InChI is InChI=1S/C23H21ClN2O3S2/c1-3-14-26(19-9-5-4-6-10-19)31(28,29)22-15-17(12-13-21(22)24)23(27)25-18-8-7-11-20(16-18)30-2/h3-13,15-16H,1,14H2,2H3,(H,25,27). The van der Waals surface area contributed by atoms with Crippen molar-refractivity contribution in [1.29, 1.82) is 0 Å². The Kier molecular flexibility index (Phi) is 7.43. The predicted octanol–water partition coefficient (Wildman–Crippen LogP) is 5.70. The number of nitrogens with one attached hydrogen (secondary N) is 1. The molecule has 0 aliphatic rings. The first-order valence-electron chi connectivity index (χ1n) is 9.30. The van der Waals surface area contributed by atoms with Crippen LogP contribution in [0.2, 0.25) is 5.02 Å². The van der Waals surface area contributed by atoms with Crippen molar-refractivity contribution >= 4 is 50.7 Å². The molecule has 0 atom stereocenters. The summed E-state index contributed by atoms with van der Waals surface area (Å²) in [5.74, 6) is -0.429. The quantitative estimate of drug-likeness (QED) is 0.337. The molecule has 160 valence electrons. The zero-order chi connectivity index (χ0) is 22.4. The van der Waals surface area contributed by atoms with Gasteiger partial charge in [-0.25, -0.2) is 8.42 Å². The van der Waals surface area contributed by atoms with Crippen LogP contribution in [-0.4, -0.2) is 27.1 Å². The fourth-order valence-electron chi connectivity index (χ4n) is 2.92. The molecule has 31 heavy (non-hydrogen) atoms. The van der Waals surface area contributed by atoms with Crippen LogP contribution in [0, 0.1) is 0 Å². The van der Waals surface area contributed by atoms with Crippen LogP contribution < -0.4 is 9.62 Å². The lowest BCUT2D eigenvalue weighted by molar-refractivity contribution is 0.102. The molecule has 3 aromatic rings. The maximum atomic E-state index is 13.4. The van der Waals surface area contributed by atoms with Crippen molar-refractivity contribution in [3.8, 4) is 0 Å². The van der Waals surface area contributed by atoms with Crippen LogP contribution >= 0.6 is 23.4 Å². The van der Waals surface area contributed by atoms with Gasteiger partial charge in [-0.3, -0.25) is 9.10 Å². The molecule has 0 spiro atoms. The molecule has 0 aromatic heterocycles. The minimum Gasteiger partial charge on any atom is -0.322 e. The number of para-hydroxylation sites is 1. The van der Waals surface area contributed by atoms with Crippen LogP contribution in [-0.2, 0) is 10.0 Å². The maximum Gasteiger partial charge on any atom is 0.266 e. The lowest BCUT2D eigenvalue weighted by Gasteiger charge is -2.24. The van der Waals surface area contributed by atoms with Crippen LogP contribution in [0.5, 0.6) is 0 Å². The minimum atomic E-state index is -4.04. The number of amides is 1. The van der Waals surface area contributed by atoms with E-state index in [1.807, 2.05) is 24.5 Å². The Hall–Kier alpha value is -2.74. The summed E-state index contributed by atoms with van der Waals surface area (Å²) in [6.45, 7) is 3.71. The molecule has 0 radical (unpaired) electrons. The van der Waals surface area contributed by atoms with E-state index in [0.29, 0.717) is 11.4 Å². The van der Waals surface area contributed by atoms with Gasteiger partial charge in [0.1, 0.15) is 4.90 Å². The third kappa shape index (κ3) is 5.31. The number of carbonyl (C=O) groups excluding carboxylic acids is 1. The lowest BCUT2D eigenvalue weighted by Crippen LogP contribution is -2.31. The fourth-order valence-corrected chi connectivity index (χ4v) is 5.32. The van der Waals surface area contributed by atoms with E-state index in [9.17, 15) is 13.2 Å². The van der Waals surface area contributed by atoms with Gasteiger partial charge in [-0.15, -0.1) is 18.3 Å². The molecule has 0 bridgehead atoms. The molecular formula is C23H21ClN2O3S2. The number of sulfonamides is 1. The van der Waals surface area contributed by atoms with Gasteiger partial charge in [0, 0.05) is 16.1 Å². The van der Waals surface area contributed by atoms with Crippen LogP contribution in [0.3, 0.4) is 0 Å². The SMILES string of the molecule is C=CCN(c1ccccc1)S(=O)(=O)c1cc(C(=O)Nc2cccc(SC)c2)ccc1Cl. The molecule has 8 heteroatoms. The molecule has 3 rings (SSSR count). The summed E-state index contributed by atoms with van der Waals surface area (Å²) in [7, 11) is -4.04. The number of hydrogen-bond acceptors (Lipinski definition) is 4. The first-order valence-corrected chi connectivity index (χ1v) is 12.3. The van der Waals surface area contributed by atoms with E-state index in [0.717, 1.165) is 4.90 Å². The number of hydrogen-bond donors (Lipinski definition) is 1. The fraction of sp³-hybridized carbons (Fsp3) is 0.0870. The van der Waals surface area contributed by atoms with Gasteiger partial charge in [0.2, 0.25) is 0 Å². The van der Waals surface area contributed by atoms with Crippen molar-refractivity contribution < 1.29 is 13.2 Å². The van der Waals surface area contributed by atoms with Gasteiger partial charge >= 0.3 is 0 Å². The highest BCUT2D eigenvalue weighted by atomic mass is 35.5. The zero-order valence-corrected chi connectivity index (χ0v) is 19.2. The van der Waals surface area contributed by atoms with Gasteiger partial charge in [0.05, 0.1) is 17.3 Å². The highest BCUT2D eigenvalue weighted by Crippen LogP contribution is 2.30. The first-order chi connectivity index (χ1) is 14.9. The van der Waals surface area contributed by atoms with Gasteiger partial charge in [-0.05, 0) is 54.8 Å². The van der Waals surface area contributed by atoms with E-state index in [2.05, 4.69) is 11.9 Å². The van der Waals surface area contributed by atoms with Crippen LogP contribution in [0.1, 0.15) is 10.4 Å². The Morgan fingerprint density at radius 2 is 1.84 bits per heavy atom. The number of nitrogens with zero attached hydrogens (tertiary/aromatic N) is 1. The summed E-state index contributed by atoms with van der Waals surface area (Å²) >= 11 is 7.81. The van der Waals surface area contributed by atoms with Gasteiger partial charge in [0.25, 0.3) is 15.9 Å². The van der Waals surface area contributed by atoms with Gasteiger partial charge in [-0.2, -0.15) is 0 Å². The van der Waals surface area contributed by atoms with Crippen molar-refractivity contribution in [3.05, 3.63) is 96.0 Å². The third-order valence-electron chi connectivity index (χ3n) is 4.43. The number of carbonyl (C=O) groups is 1. The average molecular weight is 473 g/mol. The largest absolute Gasteiger partial charge is 0.322 e. The topological polar surface area (TPSA) is 66.5 Å². The number of thioether (sulfide) groups is 1. The van der Waals surface area contributed by atoms with E-state index in [4.69, 9.17) is 11.6 Å². The highest BCUT2D eigenvalue weighted by Gasteiger charge is 2.27. The summed E-state index contributed by atoms with van der Waals surface area (Å²) in [5.41, 5.74) is 1.28. The van der Waals surface area contributed by atoms with E-state index in [1.54, 1.807) is 48.2 Å². The number of anilines is 2. The third-order valence-corrected chi connectivity index (χ3v) is 7.43. The van der Waals surface area contributed by atoms with Gasteiger partial charge in [-0.1, -0.05) is 41.9 Å². The Morgan fingerprint density at radius 1 is 1.10 bits per heavy atom. The molecule has 0 aliphatic carbocycles. The molecule has 1 N–H and O–H groups in total. The van der Waals surface area contributed by atoms with Crippen molar-refractivity contribution in [1.82, 2.24) is 0 Å². The summed E-state index contributed by atoms with van der Waals surface area (Å²) in [6, 6.07) is 20.3. The summed E-state index contributed by atoms with van der Waals surface area (Å²) in [5, 5.41) is 2.83. The van der Waals surface area contributed by atoms with Crippen molar-refractivity contribution in [2.45, 2.75) is 9.79 Å². The molecule has 0 heterocycles. The molecule has 0 fully saturated rings.